The monoisotopic (exact) mass is 320 g/mol. The van der Waals surface area contributed by atoms with Gasteiger partial charge in [0.2, 0.25) is 0 Å². The summed E-state index contributed by atoms with van der Waals surface area (Å²) in [5.41, 5.74) is 0.981. The van der Waals surface area contributed by atoms with Crippen LogP contribution >= 0.6 is 7.82 Å². The van der Waals surface area contributed by atoms with Crippen LogP contribution in [0.5, 0.6) is 11.5 Å². The molecule has 21 heavy (non-hydrogen) atoms. The van der Waals surface area contributed by atoms with Gasteiger partial charge in [-0.15, -0.1) is 0 Å². The molecule has 0 amide bonds. The van der Waals surface area contributed by atoms with Crippen LogP contribution in [0.25, 0.3) is 0 Å². The van der Waals surface area contributed by atoms with Gasteiger partial charge in [0, 0.05) is 14.1 Å². The first kappa shape index (κ1) is 19.4. The number of benzene rings is 1. The molecule has 1 aromatic rings. The van der Waals surface area contributed by atoms with Crippen molar-refractivity contribution >= 4 is 14.0 Å². The molecule has 9 heteroatoms. The van der Waals surface area contributed by atoms with Crippen molar-refractivity contribution in [3.05, 3.63) is 23.8 Å². The summed E-state index contributed by atoms with van der Waals surface area (Å²) in [4.78, 5) is 21.6. The molecule has 0 radical (unpaired) electrons. The van der Waals surface area contributed by atoms with Gasteiger partial charge in [-0.1, -0.05) is 0 Å². The summed E-state index contributed by atoms with van der Waals surface area (Å²) < 4.78 is 19.6. The van der Waals surface area contributed by atoms with Crippen molar-refractivity contribution in [2.24, 2.45) is 5.10 Å². The van der Waals surface area contributed by atoms with E-state index >= 15 is 0 Å². The SMILES string of the molecule is CCOc1ccc(C=NN(C)C)cc1OC.O=P(O)(O)O. The van der Waals surface area contributed by atoms with Gasteiger partial charge in [-0.25, -0.2) is 4.57 Å². The van der Waals surface area contributed by atoms with Gasteiger partial charge in [0.1, 0.15) is 0 Å². The summed E-state index contributed by atoms with van der Waals surface area (Å²) in [6, 6.07) is 5.73. The molecule has 0 heterocycles. The topological polar surface area (TPSA) is 112 Å². The van der Waals surface area contributed by atoms with Gasteiger partial charge in [-0.05, 0) is 30.7 Å². The summed E-state index contributed by atoms with van der Waals surface area (Å²) in [6.45, 7) is 2.57. The second kappa shape index (κ2) is 9.36. The fraction of sp³-hybridized carbons (Fsp3) is 0.417. The number of hydrogen-bond donors (Lipinski definition) is 3. The van der Waals surface area contributed by atoms with E-state index in [1.54, 1.807) is 18.3 Å². The molecule has 0 unspecified atom stereocenters. The minimum Gasteiger partial charge on any atom is -0.493 e. The average molecular weight is 320 g/mol. The van der Waals surface area contributed by atoms with Crippen molar-refractivity contribution in [2.75, 3.05) is 27.8 Å². The zero-order valence-electron chi connectivity index (χ0n) is 12.4. The summed E-state index contributed by atoms with van der Waals surface area (Å²) in [6.07, 6.45) is 1.78. The first-order valence-corrected chi connectivity index (χ1v) is 7.54. The van der Waals surface area contributed by atoms with Crippen LogP contribution in [0.3, 0.4) is 0 Å². The molecule has 0 fully saturated rings. The van der Waals surface area contributed by atoms with Crippen LogP contribution in [-0.4, -0.2) is 53.7 Å². The van der Waals surface area contributed by atoms with Crippen molar-refractivity contribution in [1.29, 1.82) is 0 Å². The van der Waals surface area contributed by atoms with Gasteiger partial charge in [0.05, 0.1) is 19.9 Å². The molecule has 8 nitrogen and oxygen atoms in total. The Morgan fingerprint density at radius 2 is 1.86 bits per heavy atom. The number of hydrazone groups is 1. The number of methoxy groups -OCH3 is 1. The second-order valence-corrected chi connectivity index (χ2v) is 4.97. The highest BCUT2D eigenvalue weighted by Gasteiger charge is 2.03. The molecule has 0 saturated carbocycles. The second-order valence-electron chi connectivity index (χ2n) is 3.95. The summed E-state index contributed by atoms with van der Waals surface area (Å²) in [7, 11) is 0.745. The third-order valence-electron chi connectivity index (χ3n) is 1.93. The molecule has 0 aliphatic rings. The van der Waals surface area contributed by atoms with Crippen molar-refractivity contribution in [2.45, 2.75) is 6.92 Å². The van der Waals surface area contributed by atoms with Gasteiger partial charge in [-0.2, -0.15) is 5.10 Å². The normalized spacial score (nSPS) is 10.8. The predicted molar refractivity (Wildman–Crippen MR) is 79.7 cm³/mol. The Kier molecular flexibility index (Phi) is 8.64. The maximum Gasteiger partial charge on any atom is 0.466 e. The van der Waals surface area contributed by atoms with Gasteiger partial charge in [0.15, 0.2) is 11.5 Å². The highest BCUT2D eigenvalue weighted by atomic mass is 31.2. The zero-order chi connectivity index (χ0) is 16.5. The van der Waals surface area contributed by atoms with Crippen LogP contribution in [0.2, 0.25) is 0 Å². The molecule has 0 saturated heterocycles. The van der Waals surface area contributed by atoms with E-state index in [2.05, 4.69) is 5.10 Å². The average Bonchev–Trinajstić information content (AvgIpc) is 2.35. The summed E-state index contributed by atoms with van der Waals surface area (Å²) in [5, 5.41) is 5.90. The summed E-state index contributed by atoms with van der Waals surface area (Å²) in [5.74, 6) is 1.48. The minimum atomic E-state index is -4.64. The molecular weight excluding hydrogens is 299 g/mol. The highest BCUT2D eigenvalue weighted by Crippen LogP contribution is 2.27. The van der Waals surface area contributed by atoms with E-state index in [4.69, 9.17) is 28.7 Å². The Bertz CT molecular complexity index is 492. The van der Waals surface area contributed by atoms with Crippen molar-refractivity contribution < 1.29 is 28.7 Å². The van der Waals surface area contributed by atoms with Gasteiger partial charge in [-0.3, -0.25) is 0 Å². The lowest BCUT2D eigenvalue weighted by atomic mass is 10.2. The Hall–Kier alpha value is -1.60. The maximum atomic E-state index is 8.88. The number of hydrogen-bond acceptors (Lipinski definition) is 5. The minimum absolute atomic E-state index is 0.626. The van der Waals surface area contributed by atoms with E-state index in [-0.39, 0.29) is 0 Å². The third-order valence-corrected chi connectivity index (χ3v) is 1.93. The standard InChI is InChI=1S/C12H18N2O2.H3O4P/c1-5-16-11-7-6-10(8-12(11)15-4)9-13-14(2)3;1-5(2,3)4/h6-9H,5H2,1-4H3;(H3,1,2,3,4). The molecule has 0 aliphatic heterocycles. The van der Waals surface area contributed by atoms with E-state index in [9.17, 15) is 0 Å². The van der Waals surface area contributed by atoms with Crippen LogP contribution in [0, 0.1) is 0 Å². The van der Waals surface area contributed by atoms with E-state index in [1.165, 1.54) is 0 Å². The van der Waals surface area contributed by atoms with Crippen LogP contribution in [0.15, 0.2) is 23.3 Å². The molecular formula is C12H21N2O6P. The number of nitrogens with zero attached hydrogens (tertiary/aromatic N) is 2. The fourth-order valence-electron chi connectivity index (χ4n) is 1.22. The number of phosphoric acid groups is 1. The quantitative estimate of drug-likeness (QED) is 0.422. The van der Waals surface area contributed by atoms with Gasteiger partial charge < -0.3 is 29.2 Å². The predicted octanol–water partition coefficient (Wildman–Crippen LogP) is 1.06. The Morgan fingerprint density at radius 1 is 1.29 bits per heavy atom. The smallest absolute Gasteiger partial charge is 0.466 e. The zero-order valence-corrected chi connectivity index (χ0v) is 13.3. The molecule has 1 rings (SSSR count). The molecule has 1 aromatic carbocycles. The molecule has 0 aromatic heterocycles. The lowest BCUT2D eigenvalue weighted by Gasteiger charge is -2.09. The Labute approximate surface area is 123 Å². The highest BCUT2D eigenvalue weighted by molar-refractivity contribution is 7.45. The first-order valence-electron chi connectivity index (χ1n) is 5.97. The molecule has 0 spiro atoms. The Balaban J connectivity index is 0.000000690. The van der Waals surface area contributed by atoms with Crippen molar-refractivity contribution in [3.63, 3.8) is 0 Å². The largest absolute Gasteiger partial charge is 0.493 e. The van der Waals surface area contributed by atoms with E-state index < -0.39 is 7.82 Å². The van der Waals surface area contributed by atoms with E-state index in [0.717, 1.165) is 17.1 Å². The molecule has 0 aliphatic carbocycles. The number of rotatable bonds is 5. The first-order chi connectivity index (χ1) is 9.67. The van der Waals surface area contributed by atoms with E-state index in [0.29, 0.717) is 6.61 Å². The lowest BCUT2D eigenvalue weighted by molar-refractivity contribution is 0.275. The molecule has 0 bridgehead atoms. The fourth-order valence-corrected chi connectivity index (χ4v) is 1.22. The summed E-state index contributed by atoms with van der Waals surface area (Å²) >= 11 is 0. The van der Waals surface area contributed by atoms with Crippen molar-refractivity contribution in [1.82, 2.24) is 5.01 Å². The van der Waals surface area contributed by atoms with Gasteiger partial charge in [0.25, 0.3) is 0 Å². The molecule has 0 atom stereocenters. The van der Waals surface area contributed by atoms with Crippen LogP contribution in [-0.2, 0) is 4.57 Å². The Morgan fingerprint density at radius 3 is 2.29 bits per heavy atom. The molecule has 120 valence electrons. The van der Waals surface area contributed by atoms with E-state index in [1.807, 2.05) is 39.2 Å². The van der Waals surface area contributed by atoms with Crippen molar-refractivity contribution in [3.8, 4) is 11.5 Å². The number of ether oxygens (including phenoxy) is 2. The molecule has 3 N–H and O–H groups in total. The van der Waals surface area contributed by atoms with Crippen LogP contribution in [0.1, 0.15) is 12.5 Å². The third kappa shape index (κ3) is 10.8. The maximum absolute atomic E-state index is 8.88. The van der Waals surface area contributed by atoms with Crippen LogP contribution < -0.4 is 9.47 Å². The lowest BCUT2D eigenvalue weighted by Crippen LogP contribution is -2.02. The van der Waals surface area contributed by atoms with Gasteiger partial charge >= 0.3 is 7.82 Å². The van der Waals surface area contributed by atoms with Crippen LogP contribution in [0.4, 0.5) is 0 Å².